The number of carbonyl (C=O) groups excluding carboxylic acids is 1. The molecule has 0 aliphatic carbocycles. The summed E-state index contributed by atoms with van der Waals surface area (Å²) < 4.78 is 35.4. The van der Waals surface area contributed by atoms with Gasteiger partial charge in [-0.25, -0.2) is 23.2 Å². The molecule has 0 fully saturated rings. The molecule has 13 heteroatoms. The monoisotopic (exact) mass is 552 g/mol. The number of sulfone groups is 1. The maximum atomic E-state index is 12.4. The Morgan fingerprint density at radius 2 is 1.68 bits per heavy atom. The number of anilines is 1. The third-order valence-electron chi connectivity index (χ3n) is 5.44. The molecule has 2 heterocycles. The van der Waals surface area contributed by atoms with Crippen molar-refractivity contribution in [3.8, 4) is 39.8 Å². The molecule has 4 aromatic rings. The highest BCUT2D eigenvalue weighted by atomic mass is 32.2. The van der Waals surface area contributed by atoms with Gasteiger partial charge in [-0.05, 0) is 50.3 Å². The van der Waals surface area contributed by atoms with Gasteiger partial charge in [0.05, 0.1) is 22.0 Å². The Kier molecular flexibility index (Phi) is 7.69. The molecule has 2 aromatic heterocycles. The number of nitrogens with one attached hydrogen (secondary N) is 2. The number of ether oxygens (including phenoxy) is 1. The first-order valence-electron chi connectivity index (χ1n) is 11.3. The summed E-state index contributed by atoms with van der Waals surface area (Å²) in [4.78, 5) is 20.4. The van der Waals surface area contributed by atoms with Gasteiger partial charge in [0.15, 0.2) is 26.4 Å². The van der Waals surface area contributed by atoms with Crippen LogP contribution in [-0.4, -0.2) is 47.0 Å². The van der Waals surface area contributed by atoms with Crippen LogP contribution in [0.15, 0.2) is 70.2 Å². The average molecular weight is 553 g/mol. The van der Waals surface area contributed by atoms with E-state index in [-0.39, 0.29) is 22.2 Å². The zero-order valence-electron chi connectivity index (χ0n) is 20.6. The molecular weight excluding hydrogens is 528 g/mol. The van der Waals surface area contributed by atoms with Crippen molar-refractivity contribution in [2.75, 3.05) is 12.4 Å². The molecule has 0 saturated heterocycles. The maximum absolute atomic E-state index is 12.4. The van der Waals surface area contributed by atoms with Crippen LogP contribution in [0, 0.1) is 0 Å². The third kappa shape index (κ3) is 5.79. The minimum absolute atomic E-state index is 0.0941. The van der Waals surface area contributed by atoms with E-state index in [1.165, 1.54) is 18.3 Å². The molecule has 0 unspecified atom stereocenters. The van der Waals surface area contributed by atoms with Crippen LogP contribution >= 0.6 is 12.2 Å². The second kappa shape index (κ2) is 10.9. The fourth-order valence-corrected chi connectivity index (χ4v) is 4.55. The largest absolute Gasteiger partial charge is 0.411 e. The van der Waals surface area contributed by atoms with E-state index in [4.69, 9.17) is 27.2 Å². The summed E-state index contributed by atoms with van der Waals surface area (Å²) in [5.41, 5.74) is 8.33. The van der Waals surface area contributed by atoms with Crippen LogP contribution in [0.4, 0.5) is 10.5 Å². The number of carbonyl (C=O) groups is 1. The van der Waals surface area contributed by atoms with Crippen LogP contribution in [0.2, 0.25) is 0 Å². The van der Waals surface area contributed by atoms with Crippen LogP contribution in [-0.2, 0) is 9.84 Å². The van der Waals surface area contributed by atoms with Gasteiger partial charge in [0, 0.05) is 29.9 Å². The number of benzene rings is 2. The van der Waals surface area contributed by atoms with Gasteiger partial charge in [0.25, 0.3) is 5.88 Å². The molecule has 0 radical (unpaired) electrons. The average Bonchev–Trinajstić information content (AvgIpc) is 3.39. The predicted octanol–water partition coefficient (Wildman–Crippen LogP) is 4.02. The quantitative estimate of drug-likeness (QED) is 0.284. The lowest BCUT2D eigenvalue weighted by molar-refractivity contribution is 0.209. The highest BCUT2D eigenvalue weighted by Crippen LogP contribution is 2.32. The molecule has 0 bridgehead atoms. The number of rotatable bonds is 7. The summed E-state index contributed by atoms with van der Waals surface area (Å²) in [6.07, 6.45) is 0.311. The van der Waals surface area contributed by atoms with E-state index < -0.39 is 21.2 Å². The highest BCUT2D eigenvalue weighted by Gasteiger charge is 2.21. The minimum atomic E-state index is -3.43. The second-order valence-corrected chi connectivity index (χ2v) is 11.2. The molecular formula is C25H24N6O5S2. The molecule has 196 valence electrons. The minimum Gasteiger partial charge on any atom is -0.389 e. The Labute approximate surface area is 224 Å². The Morgan fingerprint density at radius 1 is 1.05 bits per heavy atom. The molecule has 11 nitrogen and oxygen atoms in total. The van der Waals surface area contributed by atoms with Crippen LogP contribution in [0.5, 0.6) is 5.88 Å². The lowest BCUT2D eigenvalue weighted by Gasteiger charge is -2.10. The first-order chi connectivity index (χ1) is 18.1. The summed E-state index contributed by atoms with van der Waals surface area (Å²) in [7, 11) is -1.70. The normalized spacial score (nSPS) is 11.3. The molecule has 0 aliphatic heterocycles. The zero-order valence-corrected chi connectivity index (χ0v) is 22.3. The number of nitrogens with two attached hydrogens (primary N) is 1. The number of hydrogen-bond acceptors (Lipinski definition) is 9. The van der Waals surface area contributed by atoms with Crippen molar-refractivity contribution >= 4 is 38.9 Å². The van der Waals surface area contributed by atoms with E-state index >= 15 is 0 Å². The van der Waals surface area contributed by atoms with Crippen LogP contribution in [0.3, 0.4) is 0 Å². The van der Waals surface area contributed by atoms with Crippen molar-refractivity contribution in [2.24, 2.45) is 5.73 Å². The first kappa shape index (κ1) is 26.7. The summed E-state index contributed by atoms with van der Waals surface area (Å²) in [6, 6.07) is 15.2. The summed E-state index contributed by atoms with van der Waals surface area (Å²) in [5, 5.41) is 9.91. The van der Waals surface area contributed by atoms with Crippen molar-refractivity contribution in [2.45, 2.75) is 24.0 Å². The number of amides is 1. The van der Waals surface area contributed by atoms with Crippen molar-refractivity contribution in [1.82, 2.24) is 20.4 Å². The summed E-state index contributed by atoms with van der Waals surface area (Å²) in [6.45, 7) is 3.24. The first-order valence-corrected chi connectivity index (χ1v) is 13.3. The van der Waals surface area contributed by atoms with Gasteiger partial charge in [0.2, 0.25) is 0 Å². The second-order valence-electron chi connectivity index (χ2n) is 8.31. The van der Waals surface area contributed by atoms with Gasteiger partial charge in [0.1, 0.15) is 5.69 Å². The van der Waals surface area contributed by atoms with Crippen molar-refractivity contribution in [3.63, 3.8) is 0 Å². The standard InChI is InChI=1S/C25H24N6O5S2/c1-14(2)38(33,34)18-10-6-16(7-11-18)20-13-28-23(35-24(26)32)22(30-20)21-12-19(31-36-21)15-4-8-17(9-5-15)29-25(37)27-3/h4-14H,1-3H3,(H2,26,32)(H2,27,29,37). The molecule has 0 atom stereocenters. The van der Waals surface area contributed by atoms with Crippen LogP contribution < -0.4 is 21.1 Å². The maximum Gasteiger partial charge on any atom is 0.411 e. The number of aromatic nitrogens is 3. The Bertz CT molecular complexity index is 1580. The number of nitrogens with zero attached hydrogens (tertiary/aromatic N) is 3. The molecule has 1 amide bonds. The van der Waals surface area contributed by atoms with Gasteiger partial charge in [-0.1, -0.05) is 29.4 Å². The molecule has 4 rings (SSSR count). The SMILES string of the molecule is CNC(=S)Nc1ccc(-c2cc(-c3nc(-c4ccc(S(=O)(=O)C(C)C)cc4)cnc3OC(N)=O)on2)cc1. The van der Waals surface area contributed by atoms with Gasteiger partial charge in [-0.15, -0.1) is 0 Å². The molecule has 38 heavy (non-hydrogen) atoms. The smallest absolute Gasteiger partial charge is 0.389 e. The lowest BCUT2D eigenvalue weighted by atomic mass is 10.1. The van der Waals surface area contributed by atoms with Gasteiger partial charge >= 0.3 is 6.09 Å². The summed E-state index contributed by atoms with van der Waals surface area (Å²) >= 11 is 5.11. The van der Waals surface area contributed by atoms with E-state index in [9.17, 15) is 13.2 Å². The third-order valence-corrected chi connectivity index (χ3v) is 7.92. The van der Waals surface area contributed by atoms with Gasteiger partial charge < -0.3 is 25.6 Å². The Hall–Kier alpha value is -4.36. The fourth-order valence-electron chi connectivity index (χ4n) is 3.38. The van der Waals surface area contributed by atoms with Crippen LogP contribution in [0.25, 0.3) is 34.0 Å². The molecule has 4 N–H and O–H groups in total. The fraction of sp³-hybridized carbons (Fsp3) is 0.160. The Balaban J connectivity index is 1.68. The van der Waals surface area contributed by atoms with Crippen molar-refractivity contribution < 1.29 is 22.5 Å². The van der Waals surface area contributed by atoms with E-state index in [2.05, 4.69) is 25.8 Å². The van der Waals surface area contributed by atoms with E-state index in [1.54, 1.807) is 39.1 Å². The Morgan fingerprint density at radius 3 is 2.29 bits per heavy atom. The van der Waals surface area contributed by atoms with E-state index in [0.717, 1.165) is 11.3 Å². The molecule has 2 aromatic carbocycles. The highest BCUT2D eigenvalue weighted by molar-refractivity contribution is 7.92. The predicted molar refractivity (Wildman–Crippen MR) is 146 cm³/mol. The van der Waals surface area contributed by atoms with Gasteiger partial charge in [-0.2, -0.15) is 0 Å². The van der Waals surface area contributed by atoms with Crippen molar-refractivity contribution in [3.05, 3.63) is 60.8 Å². The van der Waals surface area contributed by atoms with E-state index in [1.807, 2.05) is 24.3 Å². The molecule has 0 aliphatic rings. The van der Waals surface area contributed by atoms with Gasteiger partial charge in [-0.3, -0.25) is 0 Å². The lowest BCUT2D eigenvalue weighted by Crippen LogP contribution is -2.23. The van der Waals surface area contributed by atoms with E-state index in [0.29, 0.717) is 22.1 Å². The number of thiocarbonyl (C=S) groups is 1. The topological polar surface area (TPSA) is 162 Å². The number of hydrogen-bond donors (Lipinski definition) is 3. The molecule has 0 saturated carbocycles. The molecule has 0 spiro atoms. The summed E-state index contributed by atoms with van der Waals surface area (Å²) in [5.74, 6) is 0.0197. The zero-order chi connectivity index (χ0) is 27.4. The van der Waals surface area contributed by atoms with Crippen molar-refractivity contribution in [1.29, 1.82) is 0 Å². The number of primary amides is 1. The van der Waals surface area contributed by atoms with Crippen LogP contribution in [0.1, 0.15) is 13.8 Å².